The first kappa shape index (κ1) is 43.4. The van der Waals surface area contributed by atoms with Gasteiger partial charge in [-0.2, -0.15) is 13.2 Å². The third-order valence-electron chi connectivity index (χ3n) is 8.32. The van der Waals surface area contributed by atoms with Crippen LogP contribution >= 0.6 is 23.2 Å². The Morgan fingerprint density at radius 1 is 0.460 bits per heavy atom. The number of fused-ring (bicyclic) bond motifs is 2. The summed E-state index contributed by atoms with van der Waals surface area (Å²) in [7, 11) is 0. The van der Waals surface area contributed by atoms with Gasteiger partial charge in [0.15, 0.2) is 0 Å². The molecule has 4 amide bonds. The van der Waals surface area contributed by atoms with E-state index in [2.05, 4.69) is 41.2 Å². The summed E-state index contributed by atoms with van der Waals surface area (Å²) in [5.41, 5.74) is 1.67. The summed E-state index contributed by atoms with van der Waals surface area (Å²) >= 11 is 11.2. The van der Waals surface area contributed by atoms with E-state index in [0.717, 1.165) is 30.3 Å². The van der Waals surface area contributed by atoms with Crippen molar-refractivity contribution in [1.29, 1.82) is 0 Å². The van der Waals surface area contributed by atoms with Gasteiger partial charge in [-0.05, 0) is 72.8 Å². The normalized spacial score (nSPS) is 11.0. The Bertz CT molecular complexity index is 3000. The number of carbonyl (C=O) groups is 2. The predicted octanol–water partition coefficient (Wildman–Crippen LogP) is 12.9. The number of benzene rings is 6. The monoisotopic (exact) mass is 902 g/mol. The molecule has 0 saturated carbocycles. The highest BCUT2D eigenvalue weighted by atomic mass is 35.5. The molecule has 0 fully saturated rings. The van der Waals surface area contributed by atoms with Crippen molar-refractivity contribution in [2.75, 3.05) is 21.3 Å². The van der Waals surface area contributed by atoms with Crippen molar-refractivity contribution in [3.05, 3.63) is 167 Å². The van der Waals surface area contributed by atoms with Gasteiger partial charge in [0, 0.05) is 83.9 Å². The van der Waals surface area contributed by atoms with Gasteiger partial charge in [-0.3, -0.25) is 19.9 Å². The van der Waals surface area contributed by atoms with Gasteiger partial charge in [-0.1, -0.05) is 23.2 Å². The number of anilines is 4. The second kappa shape index (κ2) is 18.9. The second-order valence-electron chi connectivity index (χ2n) is 12.9. The number of rotatable bonds is 8. The van der Waals surface area contributed by atoms with E-state index in [-0.39, 0.29) is 39.3 Å². The first-order valence-corrected chi connectivity index (χ1v) is 18.8. The average Bonchev–Trinajstić information content (AvgIpc) is 3.22. The SMILES string of the molecule is O=C(Nc1cc(F)cc(Oc2ccc3nccnc3c2)c1)Nc1ccc(Cl)c(C(F)(F)F)c1.O=C(Nc1cc(F)cc(Oc2ccc3nccnc3c2)c1)Nc1ccc(Cl)c(F)c1. The van der Waals surface area contributed by atoms with E-state index in [9.17, 15) is 35.9 Å². The van der Waals surface area contributed by atoms with Crippen molar-refractivity contribution in [2.45, 2.75) is 6.18 Å². The smallest absolute Gasteiger partial charge is 0.417 e. The summed E-state index contributed by atoms with van der Waals surface area (Å²) < 4.78 is 91.9. The molecule has 0 aliphatic heterocycles. The van der Waals surface area contributed by atoms with E-state index >= 15 is 0 Å². The third-order valence-corrected chi connectivity index (χ3v) is 8.95. The fourth-order valence-corrected chi connectivity index (χ4v) is 6.00. The number of alkyl halides is 3. The van der Waals surface area contributed by atoms with Crippen LogP contribution in [-0.2, 0) is 6.18 Å². The molecule has 0 aliphatic carbocycles. The third kappa shape index (κ3) is 11.8. The van der Waals surface area contributed by atoms with E-state index in [1.165, 1.54) is 42.6 Å². The lowest BCUT2D eigenvalue weighted by Gasteiger charge is -2.13. The Kier molecular flexibility index (Phi) is 13.0. The molecule has 0 aliphatic rings. The second-order valence-corrected chi connectivity index (χ2v) is 13.8. The lowest BCUT2D eigenvalue weighted by molar-refractivity contribution is -0.137. The molecule has 20 heteroatoms. The van der Waals surface area contributed by atoms with Crippen LogP contribution in [0.2, 0.25) is 10.0 Å². The number of carbonyl (C=O) groups excluding carboxylic acids is 2. The van der Waals surface area contributed by atoms with Crippen molar-refractivity contribution in [3.8, 4) is 23.0 Å². The zero-order valence-corrected chi connectivity index (χ0v) is 33.2. The number of ether oxygens (including phenoxy) is 2. The molecule has 2 heterocycles. The van der Waals surface area contributed by atoms with Crippen molar-refractivity contribution in [1.82, 2.24) is 19.9 Å². The van der Waals surface area contributed by atoms with Crippen LogP contribution in [0.15, 0.2) is 134 Å². The number of urea groups is 2. The minimum absolute atomic E-state index is 0.0214. The summed E-state index contributed by atoms with van der Waals surface area (Å²) in [5.74, 6) is -0.929. The van der Waals surface area contributed by atoms with Crippen LogP contribution in [0.1, 0.15) is 5.56 Å². The van der Waals surface area contributed by atoms with E-state index < -0.39 is 46.3 Å². The topological polar surface area (TPSA) is 152 Å². The van der Waals surface area contributed by atoms with Crippen LogP contribution in [0.3, 0.4) is 0 Å². The fraction of sp³-hybridized carbons (Fsp3) is 0.0233. The van der Waals surface area contributed by atoms with E-state index in [1.54, 1.807) is 55.0 Å². The molecule has 0 radical (unpaired) electrons. The van der Waals surface area contributed by atoms with E-state index in [1.807, 2.05) is 0 Å². The highest BCUT2D eigenvalue weighted by Gasteiger charge is 2.33. The molecule has 12 nitrogen and oxygen atoms in total. The fourth-order valence-electron chi connectivity index (χ4n) is 5.65. The lowest BCUT2D eigenvalue weighted by atomic mass is 10.2. The predicted molar refractivity (Wildman–Crippen MR) is 225 cm³/mol. The van der Waals surface area contributed by atoms with Crippen LogP contribution < -0.4 is 30.7 Å². The molecular weight excluding hydrogens is 877 g/mol. The first-order valence-electron chi connectivity index (χ1n) is 18.0. The van der Waals surface area contributed by atoms with Crippen LogP contribution in [-0.4, -0.2) is 32.0 Å². The quantitative estimate of drug-likeness (QED) is 0.110. The molecule has 6 aromatic carbocycles. The van der Waals surface area contributed by atoms with Gasteiger partial charge in [0.1, 0.15) is 40.4 Å². The summed E-state index contributed by atoms with van der Waals surface area (Å²) in [6, 6.07) is 22.4. The maximum Gasteiger partial charge on any atom is 0.417 e. The number of nitrogens with zero attached hydrogens (tertiary/aromatic N) is 4. The van der Waals surface area contributed by atoms with Gasteiger partial charge in [0.05, 0.1) is 37.7 Å². The summed E-state index contributed by atoms with van der Waals surface area (Å²) in [5, 5.41) is 8.96. The molecule has 0 unspecified atom stereocenters. The van der Waals surface area contributed by atoms with Crippen molar-refractivity contribution >= 4 is 80.1 Å². The summed E-state index contributed by atoms with van der Waals surface area (Å²) in [4.78, 5) is 41.1. The zero-order chi connectivity index (χ0) is 44.7. The van der Waals surface area contributed by atoms with Crippen molar-refractivity contribution in [2.24, 2.45) is 0 Å². The summed E-state index contributed by atoms with van der Waals surface area (Å²) in [6.45, 7) is 0. The molecule has 2 aromatic heterocycles. The molecule has 0 saturated heterocycles. The van der Waals surface area contributed by atoms with Crippen LogP contribution in [0.25, 0.3) is 22.1 Å². The van der Waals surface area contributed by atoms with Gasteiger partial charge < -0.3 is 30.7 Å². The largest absolute Gasteiger partial charge is 0.457 e. The standard InChI is InChI=1S/C22H13ClF4N4O2.C21H13ClF2N4O2/c23-18-3-1-13(10-17(18)22(25,26)27)30-21(32)31-14-7-12(24)8-16(9-14)33-15-2-4-19-20(11-15)29-6-5-28-19;22-17-3-1-13(10-18(17)24)27-21(29)28-14-7-12(23)8-16(9-14)30-15-2-4-19-20(11-15)26-6-5-25-19/h1-11H,(H2,30,31,32);1-11H,(H2,27,28,29). The number of halogens is 8. The van der Waals surface area contributed by atoms with Gasteiger partial charge in [-0.25, -0.2) is 22.8 Å². The van der Waals surface area contributed by atoms with Gasteiger partial charge in [0.2, 0.25) is 0 Å². The van der Waals surface area contributed by atoms with Crippen LogP contribution in [0.5, 0.6) is 23.0 Å². The number of amides is 4. The molecule has 0 bridgehead atoms. The minimum Gasteiger partial charge on any atom is -0.457 e. The Hall–Kier alpha value is -7.70. The first-order chi connectivity index (χ1) is 30.1. The highest BCUT2D eigenvalue weighted by Crippen LogP contribution is 2.36. The molecule has 4 N–H and O–H groups in total. The van der Waals surface area contributed by atoms with Gasteiger partial charge in [0.25, 0.3) is 0 Å². The van der Waals surface area contributed by atoms with Crippen LogP contribution in [0.4, 0.5) is 58.7 Å². The van der Waals surface area contributed by atoms with Crippen molar-refractivity contribution in [3.63, 3.8) is 0 Å². The number of aromatic nitrogens is 4. The minimum atomic E-state index is -4.69. The van der Waals surface area contributed by atoms with Gasteiger partial charge >= 0.3 is 18.2 Å². The van der Waals surface area contributed by atoms with Crippen molar-refractivity contribution < 1.29 is 45.4 Å². The Morgan fingerprint density at radius 3 is 1.35 bits per heavy atom. The number of hydrogen-bond donors (Lipinski definition) is 4. The van der Waals surface area contributed by atoms with Crippen LogP contribution in [0, 0.1) is 17.5 Å². The summed E-state index contributed by atoms with van der Waals surface area (Å²) in [6.07, 6.45) is 1.52. The van der Waals surface area contributed by atoms with E-state index in [4.69, 9.17) is 32.7 Å². The Balaban J connectivity index is 0.000000190. The number of nitrogens with one attached hydrogen (secondary N) is 4. The highest BCUT2D eigenvalue weighted by molar-refractivity contribution is 6.31. The Morgan fingerprint density at radius 2 is 0.889 bits per heavy atom. The molecule has 0 spiro atoms. The average molecular weight is 904 g/mol. The maximum absolute atomic E-state index is 14.1. The number of hydrogen-bond acceptors (Lipinski definition) is 8. The molecule has 63 heavy (non-hydrogen) atoms. The molecule has 8 rings (SSSR count). The Labute approximate surface area is 361 Å². The molecular formula is C43H26Cl2F6N8O4. The molecule has 318 valence electrons. The van der Waals surface area contributed by atoms with Gasteiger partial charge in [-0.15, -0.1) is 0 Å². The molecule has 0 atom stereocenters. The molecule has 8 aromatic rings. The lowest BCUT2D eigenvalue weighted by Crippen LogP contribution is -2.20. The zero-order valence-electron chi connectivity index (χ0n) is 31.6. The van der Waals surface area contributed by atoms with E-state index in [0.29, 0.717) is 39.6 Å². The maximum atomic E-state index is 14.1.